The maximum absolute atomic E-state index is 12.6. The lowest BCUT2D eigenvalue weighted by atomic mass is 10.2. The van der Waals surface area contributed by atoms with Crippen molar-refractivity contribution in [1.82, 2.24) is 0 Å². The molecule has 1 amide bonds. The number of para-hydroxylation sites is 1. The first kappa shape index (κ1) is 15.5. The molecule has 112 valence electrons. The van der Waals surface area contributed by atoms with Crippen LogP contribution in [-0.4, -0.2) is 22.6 Å². The third kappa shape index (κ3) is 2.91. The van der Waals surface area contributed by atoms with Gasteiger partial charge in [0.1, 0.15) is 5.60 Å². The van der Waals surface area contributed by atoms with Gasteiger partial charge in [-0.3, -0.25) is 0 Å². The van der Waals surface area contributed by atoms with Gasteiger partial charge in [-0.15, -0.1) is 0 Å². The summed E-state index contributed by atoms with van der Waals surface area (Å²) in [5, 5.41) is 5.57. The molecule has 0 saturated carbocycles. The van der Waals surface area contributed by atoms with E-state index in [9.17, 15) is 4.79 Å². The zero-order valence-corrected chi connectivity index (χ0v) is 13.7. The van der Waals surface area contributed by atoms with Gasteiger partial charge in [-0.1, -0.05) is 12.1 Å². The Kier molecular flexibility index (Phi) is 3.78. The van der Waals surface area contributed by atoms with E-state index in [1.54, 1.807) is 6.92 Å². The predicted molar refractivity (Wildman–Crippen MR) is 86.9 cm³/mol. The van der Waals surface area contributed by atoms with E-state index >= 15 is 0 Å². The van der Waals surface area contributed by atoms with Crippen molar-refractivity contribution in [2.45, 2.75) is 46.0 Å². The number of thiocarbonyl (C=S) groups is 1. The lowest BCUT2D eigenvalue weighted by Gasteiger charge is -2.32. The number of hydrogen-bond acceptors (Lipinski definition) is 5. The highest BCUT2D eigenvalue weighted by Crippen LogP contribution is 2.43. The zero-order valence-electron chi connectivity index (χ0n) is 12.9. The standard InChI is InChI=1S/C15H19N3O2S/c1-10-7-6-8-11-12(10)17-15(5,16-9-21)18(11)13(19)20-14(2,3)4/h6-8,17H,1-5H3. The van der Waals surface area contributed by atoms with Gasteiger partial charge < -0.3 is 10.1 Å². The van der Waals surface area contributed by atoms with Gasteiger partial charge in [-0.05, 0) is 51.5 Å². The molecule has 6 heteroatoms. The first-order valence-corrected chi connectivity index (χ1v) is 7.09. The summed E-state index contributed by atoms with van der Waals surface area (Å²) in [6.07, 6.45) is -0.476. The molecule has 0 bridgehead atoms. The highest BCUT2D eigenvalue weighted by Gasteiger charge is 2.45. The number of nitrogens with zero attached hydrogens (tertiary/aromatic N) is 2. The smallest absolute Gasteiger partial charge is 0.418 e. The quantitative estimate of drug-likeness (QED) is 0.631. The third-order valence-corrected chi connectivity index (χ3v) is 3.22. The second kappa shape index (κ2) is 5.13. The number of isothiocyanates is 1. The Morgan fingerprint density at radius 2 is 2.14 bits per heavy atom. The Hall–Kier alpha value is -1.91. The number of amides is 1. The van der Waals surface area contributed by atoms with Crippen LogP contribution in [-0.2, 0) is 4.74 Å². The van der Waals surface area contributed by atoms with E-state index in [4.69, 9.17) is 17.0 Å². The molecule has 0 aromatic heterocycles. The average molecular weight is 305 g/mol. The maximum Gasteiger partial charge on any atom is 0.418 e. The third-order valence-electron chi connectivity index (χ3n) is 3.13. The molecule has 0 fully saturated rings. The number of ether oxygens (including phenoxy) is 1. The molecule has 1 aliphatic rings. The molecular formula is C15H19N3O2S. The van der Waals surface area contributed by atoms with Crippen molar-refractivity contribution in [2.24, 2.45) is 4.99 Å². The van der Waals surface area contributed by atoms with Gasteiger partial charge in [0.15, 0.2) is 0 Å². The fraction of sp³-hybridized carbons (Fsp3) is 0.467. The number of rotatable bonds is 1. The van der Waals surface area contributed by atoms with Crippen molar-refractivity contribution in [3.63, 3.8) is 0 Å². The maximum atomic E-state index is 12.6. The number of benzene rings is 1. The number of carbonyl (C=O) groups excluding carboxylic acids is 1. The summed E-state index contributed by atoms with van der Waals surface area (Å²) in [5.74, 6) is -1.03. The van der Waals surface area contributed by atoms with Crippen LogP contribution in [0.5, 0.6) is 0 Å². The molecule has 0 spiro atoms. The van der Waals surface area contributed by atoms with Crippen molar-refractivity contribution in [2.75, 3.05) is 10.2 Å². The summed E-state index contributed by atoms with van der Waals surface area (Å²) in [4.78, 5) is 18.2. The normalized spacial score (nSPS) is 20.3. The van der Waals surface area contributed by atoms with Crippen LogP contribution >= 0.6 is 12.2 Å². The molecule has 0 aliphatic carbocycles. The number of fused-ring (bicyclic) bond motifs is 1. The molecule has 1 N–H and O–H groups in total. The molecule has 1 aromatic rings. The first-order chi connectivity index (χ1) is 9.68. The van der Waals surface area contributed by atoms with Crippen molar-refractivity contribution >= 4 is 34.8 Å². The van der Waals surface area contributed by atoms with Crippen LogP contribution in [0.25, 0.3) is 0 Å². The molecule has 1 aromatic carbocycles. The molecule has 0 radical (unpaired) electrons. The highest BCUT2D eigenvalue weighted by atomic mass is 32.1. The van der Waals surface area contributed by atoms with E-state index in [-0.39, 0.29) is 0 Å². The zero-order chi connectivity index (χ0) is 15.8. The summed E-state index contributed by atoms with van der Waals surface area (Å²) in [6, 6.07) is 5.70. The van der Waals surface area contributed by atoms with Gasteiger partial charge in [-0.2, -0.15) is 4.99 Å². The Morgan fingerprint density at radius 1 is 1.48 bits per heavy atom. The molecule has 2 rings (SSSR count). The van der Waals surface area contributed by atoms with E-state index in [2.05, 4.69) is 15.5 Å². The number of aliphatic imine (C=N–C) groups is 1. The largest absolute Gasteiger partial charge is 0.443 e. The lowest BCUT2D eigenvalue weighted by Crippen LogP contribution is -2.51. The number of nitrogens with one attached hydrogen (secondary N) is 1. The summed E-state index contributed by atoms with van der Waals surface area (Å²) in [6.45, 7) is 9.20. The van der Waals surface area contributed by atoms with Crippen LogP contribution in [0.1, 0.15) is 33.3 Å². The minimum atomic E-state index is -1.03. The molecule has 1 aliphatic heterocycles. The SMILES string of the molecule is Cc1cccc2c1NC(C)(N=C=S)N2C(=O)OC(C)(C)C. The van der Waals surface area contributed by atoms with Crippen LogP contribution in [0.4, 0.5) is 16.2 Å². The Bertz CT molecular complexity index is 632. The minimum Gasteiger partial charge on any atom is -0.443 e. The van der Waals surface area contributed by atoms with Gasteiger partial charge in [0.25, 0.3) is 0 Å². The number of anilines is 2. The van der Waals surface area contributed by atoms with Gasteiger partial charge in [0, 0.05) is 6.92 Å². The van der Waals surface area contributed by atoms with Crippen LogP contribution < -0.4 is 10.2 Å². The molecule has 1 unspecified atom stereocenters. The van der Waals surface area contributed by atoms with E-state index < -0.39 is 17.5 Å². The first-order valence-electron chi connectivity index (χ1n) is 6.68. The average Bonchev–Trinajstić information content (AvgIpc) is 2.61. The molecule has 21 heavy (non-hydrogen) atoms. The van der Waals surface area contributed by atoms with Crippen molar-refractivity contribution in [3.8, 4) is 0 Å². The van der Waals surface area contributed by atoms with Crippen LogP contribution in [0, 0.1) is 6.92 Å². The monoisotopic (exact) mass is 305 g/mol. The second-order valence-electron chi connectivity index (χ2n) is 6.13. The Labute approximate surface area is 130 Å². The van der Waals surface area contributed by atoms with Crippen molar-refractivity contribution in [3.05, 3.63) is 23.8 Å². The summed E-state index contributed by atoms with van der Waals surface area (Å²) < 4.78 is 5.49. The second-order valence-corrected chi connectivity index (χ2v) is 6.32. The number of hydrogen-bond donors (Lipinski definition) is 1. The predicted octanol–water partition coefficient (Wildman–Crippen LogP) is 3.94. The van der Waals surface area contributed by atoms with Crippen LogP contribution in [0.15, 0.2) is 23.2 Å². The summed E-state index contributed by atoms with van der Waals surface area (Å²) >= 11 is 4.72. The topological polar surface area (TPSA) is 53.9 Å². The fourth-order valence-corrected chi connectivity index (χ4v) is 2.46. The molecule has 1 atom stereocenters. The molecule has 5 nitrogen and oxygen atoms in total. The minimum absolute atomic E-state index is 0.476. The lowest BCUT2D eigenvalue weighted by molar-refractivity contribution is 0.0555. The van der Waals surface area contributed by atoms with Gasteiger partial charge in [0.05, 0.1) is 16.5 Å². The number of aryl methyl sites for hydroxylation is 1. The molecular weight excluding hydrogens is 286 g/mol. The Morgan fingerprint density at radius 3 is 2.71 bits per heavy atom. The van der Waals surface area contributed by atoms with Crippen molar-refractivity contribution < 1.29 is 9.53 Å². The Balaban J connectivity index is 2.51. The van der Waals surface area contributed by atoms with E-state index in [0.717, 1.165) is 16.9 Å². The summed E-state index contributed by atoms with van der Waals surface area (Å²) in [7, 11) is 0. The van der Waals surface area contributed by atoms with E-state index in [0.29, 0.717) is 0 Å². The van der Waals surface area contributed by atoms with Gasteiger partial charge in [-0.25, -0.2) is 9.69 Å². The molecule has 0 saturated heterocycles. The van der Waals surface area contributed by atoms with Gasteiger partial charge >= 0.3 is 6.09 Å². The van der Waals surface area contributed by atoms with E-state index in [1.807, 2.05) is 45.9 Å². The van der Waals surface area contributed by atoms with E-state index in [1.165, 1.54) is 4.90 Å². The van der Waals surface area contributed by atoms with Gasteiger partial charge in [0.2, 0.25) is 5.79 Å². The number of carbonyl (C=O) groups is 1. The summed E-state index contributed by atoms with van der Waals surface area (Å²) in [5.41, 5.74) is 2.00. The van der Waals surface area contributed by atoms with Crippen LogP contribution in [0.2, 0.25) is 0 Å². The van der Waals surface area contributed by atoms with Crippen molar-refractivity contribution in [1.29, 1.82) is 0 Å². The van der Waals surface area contributed by atoms with Crippen LogP contribution in [0.3, 0.4) is 0 Å². The highest BCUT2D eigenvalue weighted by molar-refractivity contribution is 7.78. The fourth-order valence-electron chi connectivity index (χ4n) is 2.28. The molecule has 1 heterocycles.